The van der Waals surface area contributed by atoms with Gasteiger partial charge in [-0.3, -0.25) is 9.59 Å². The van der Waals surface area contributed by atoms with E-state index in [1.54, 1.807) is 0 Å². The minimum absolute atomic E-state index is 0.0571. The standard InChI is InChI=1S/C12H17NO4/c1-2-3-4-6-11(14)13-8-10-17-9-5-7-12(15)16/h1,5,9H,3-4,6-8,10H2,(H,13,14)(H,15,16)/b9-5+. The summed E-state index contributed by atoms with van der Waals surface area (Å²) in [5.41, 5.74) is 0. The number of carboxylic acids is 1. The molecule has 0 aromatic rings. The summed E-state index contributed by atoms with van der Waals surface area (Å²) in [6.07, 6.45) is 9.40. The van der Waals surface area contributed by atoms with E-state index >= 15 is 0 Å². The van der Waals surface area contributed by atoms with Gasteiger partial charge in [-0.15, -0.1) is 12.3 Å². The van der Waals surface area contributed by atoms with Crippen molar-refractivity contribution >= 4 is 11.9 Å². The number of rotatable bonds is 9. The summed E-state index contributed by atoms with van der Waals surface area (Å²) in [6, 6.07) is 0. The Bertz CT molecular complexity index is 304. The molecule has 0 spiro atoms. The van der Waals surface area contributed by atoms with Gasteiger partial charge in [-0.1, -0.05) is 0 Å². The van der Waals surface area contributed by atoms with Crippen molar-refractivity contribution in [2.75, 3.05) is 13.2 Å². The van der Waals surface area contributed by atoms with Gasteiger partial charge in [0.25, 0.3) is 0 Å². The number of nitrogens with one attached hydrogen (secondary N) is 1. The Morgan fingerprint density at radius 3 is 2.88 bits per heavy atom. The van der Waals surface area contributed by atoms with Crippen molar-refractivity contribution in [2.24, 2.45) is 0 Å². The largest absolute Gasteiger partial charge is 0.500 e. The molecular weight excluding hydrogens is 222 g/mol. The molecule has 2 N–H and O–H groups in total. The van der Waals surface area contributed by atoms with Crippen LogP contribution in [0.3, 0.4) is 0 Å². The average Bonchev–Trinajstić information content (AvgIpc) is 2.28. The Balaban J connectivity index is 3.33. The van der Waals surface area contributed by atoms with E-state index in [1.165, 1.54) is 12.3 Å². The highest BCUT2D eigenvalue weighted by atomic mass is 16.5. The quantitative estimate of drug-likeness (QED) is 0.356. The second-order valence-corrected chi connectivity index (χ2v) is 3.25. The molecule has 0 fully saturated rings. The summed E-state index contributed by atoms with van der Waals surface area (Å²) in [6.45, 7) is 0.712. The first-order valence-electron chi connectivity index (χ1n) is 5.35. The predicted octanol–water partition coefficient (Wildman–Crippen LogP) is 0.911. The van der Waals surface area contributed by atoms with Crippen LogP contribution in [0.4, 0.5) is 0 Å². The highest BCUT2D eigenvalue weighted by molar-refractivity contribution is 5.75. The number of aliphatic carboxylic acids is 1. The molecule has 0 rings (SSSR count). The van der Waals surface area contributed by atoms with E-state index in [0.717, 1.165) is 0 Å². The molecule has 94 valence electrons. The molecule has 5 heteroatoms. The van der Waals surface area contributed by atoms with E-state index in [1.807, 2.05) is 0 Å². The van der Waals surface area contributed by atoms with Crippen LogP contribution >= 0.6 is 0 Å². The number of hydrogen-bond acceptors (Lipinski definition) is 3. The maximum atomic E-state index is 11.2. The third kappa shape index (κ3) is 12.0. The molecule has 0 saturated carbocycles. The number of ether oxygens (including phenoxy) is 1. The molecular formula is C12H17NO4. The second kappa shape index (κ2) is 10.6. The second-order valence-electron chi connectivity index (χ2n) is 3.25. The normalized spacial score (nSPS) is 9.82. The first-order chi connectivity index (χ1) is 8.16. The van der Waals surface area contributed by atoms with Gasteiger partial charge in [-0.2, -0.15) is 0 Å². The number of carboxylic acid groups (broad SMARTS) is 1. The summed E-state index contributed by atoms with van der Waals surface area (Å²) < 4.78 is 4.97. The van der Waals surface area contributed by atoms with Gasteiger partial charge in [-0.25, -0.2) is 0 Å². The van der Waals surface area contributed by atoms with Crippen LogP contribution in [0.25, 0.3) is 0 Å². The molecule has 0 aliphatic rings. The Morgan fingerprint density at radius 2 is 2.24 bits per heavy atom. The Hall–Kier alpha value is -1.96. The molecule has 17 heavy (non-hydrogen) atoms. The van der Waals surface area contributed by atoms with E-state index in [9.17, 15) is 9.59 Å². The Labute approximate surface area is 101 Å². The molecule has 0 atom stereocenters. The van der Waals surface area contributed by atoms with E-state index in [-0.39, 0.29) is 12.3 Å². The average molecular weight is 239 g/mol. The summed E-state index contributed by atoms with van der Waals surface area (Å²) in [4.78, 5) is 21.3. The lowest BCUT2D eigenvalue weighted by Crippen LogP contribution is -2.26. The smallest absolute Gasteiger partial charge is 0.307 e. The summed E-state index contributed by atoms with van der Waals surface area (Å²) in [7, 11) is 0. The van der Waals surface area contributed by atoms with E-state index in [0.29, 0.717) is 32.4 Å². The van der Waals surface area contributed by atoms with Crippen molar-refractivity contribution in [1.29, 1.82) is 0 Å². The predicted molar refractivity (Wildman–Crippen MR) is 63.0 cm³/mol. The van der Waals surface area contributed by atoms with Gasteiger partial charge >= 0.3 is 5.97 Å². The lowest BCUT2D eigenvalue weighted by Gasteiger charge is -2.03. The Morgan fingerprint density at radius 1 is 1.47 bits per heavy atom. The number of terminal acetylenes is 1. The monoisotopic (exact) mass is 239 g/mol. The third-order valence-electron chi connectivity index (χ3n) is 1.75. The van der Waals surface area contributed by atoms with Crippen molar-refractivity contribution in [3.63, 3.8) is 0 Å². The number of unbranched alkanes of at least 4 members (excludes halogenated alkanes) is 1. The van der Waals surface area contributed by atoms with Crippen LogP contribution in [0.5, 0.6) is 0 Å². The first-order valence-corrected chi connectivity index (χ1v) is 5.35. The fourth-order valence-electron chi connectivity index (χ4n) is 0.974. The fourth-order valence-corrected chi connectivity index (χ4v) is 0.974. The van der Waals surface area contributed by atoms with Gasteiger partial charge in [-0.05, 0) is 12.5 Å². The molecule has 0 unspecified atom stereocenters. The zero-order valence-electron chi connectivity index (χ0n) is 9.65. The summed E-state index contributed by atoms with van der Waals surface area (Å²) >= 11 is 0. The van der Waals surface area contributed by atoms with E-state index in [2.05, 4.69) is 11.2 Å². The maximum absolute atomic E-state index is 11.2. The van der Waals surface area contributed by atoms with Gasteiger partial charge in [0.1, 0.15) is 6.61 Å². The van der Waals surface area contributed by atoms with Gasteiger partial charge in [0.15, 0.2) is 0 Å². The molecule has 0 saturated heterocycles. The van der Waals surface area contributed by atoms with Crippen LogP contribution < -0.4 is 5.32 Å². The summed E-state index contributed by atoms with van der Waals surface area (Å²) in [5.74, 6) is 1.49. The molecule has 0 aliphatic heterocycles. The number of amides is 1. The maximum Gasteiger partial charge on any atom is 0.307 e. The van der Waals surface area contributed by atoms with Crippen molar-refractivity contribution in [3.8, 4) is 12.3 Å². The van der Waals surface area contributed by atoms with Crippen LogP contribution in [-0.2, 0) is 14.3 Å². The molecule has 0 heterocycles. The van der Waals surface area contributed by atoms with Crippen molar-refractivity contribution in [2.45, 2.75) is 25.7 Å². The van der Waals surface area contributed by atoms with Crippen LogP contribution in [0, 0.1) is 12.3 Å². The zero-order chi connectivity index (χ0) is 12.9. The highest BCUT2D eigenvalue weighted by Gasteiger charge is 1.98. The van der Waals surface area contributed by atoms with E-state index < -0.39 is 5.97 Å². The molecule has 0 aliphatic carbocycles. The molecule has 0 bridgehead atoms. The van der Waals surface area contributed by atoms with Gasteiger partial charge in [0, 0.05) is 12.8 Å². The van der Waals surface area contributed by atoms with Crippen LogP contribution in [0.15, 0.2) is 12.3 Å². The van der Waals surface area contributed by atoms with E-state index in [4.69, 9.17) is 16.3 Å². The SMILES string of the molecule is C#CCCCC(=O)NCCO/C=C/CC(=O)O. The van der Waals surface area contributed by atoms with Crippen LogP contribution in [0.1, 0.15) is 25.7 Å². The lowest BCUT2D eigenvalue weighted by atomic mass is 10.2. The minimum Gasteiger partial charge on any atom is -0.500 e. The molecule has 5 nitrogen and oxygen atoms in total. The summed E-state index contributed by atoms with van der Waals surface area (Å²) in [5, 5.41) is 11.0. The minimum atomic E-state index is -0.910. The molecule has 0 radical (unpaired) electrons. The number of carbonyl (C=O) groups is 2. The topological polar surface area (TPSA) is 75.6 Å². The van der Waals surface area contributed by atoms with Gasteiger partial charge < -0.3 is 15.2 Å². The van der Waals surface area contributed by atoms with Crippen LogP contribution in [0.2, 0.25) is 0 Å². The zero-order valence-corrected chi connectivity index (χ0v) is 9.65. The molecule has 0 aromatic carbocycles. The first kappa shape index (κ1) is 15.0. The number of hydrogen-bond donors (Lipinski definition) is 2. The highest BCUT2D eigenvalue weighted by Crippen LogP contribution is 1.92. The third-order valence-corrected chi connectivity index (χ3v) is 1.75. The lowest BCUT2D eigenvalue weighted by molar-refractivity contribution is -0.136. The van der Waals surface area contributed by atoms with Gasteiger partial charge in [0.05, 0.1) is 19.2 Å². The fraction of sp³-hybridized carbons (Fsp3) is 0.500. The van der Waals surface area contributed by atoms with Crippen LogP contribution in [-0.4, -0.2) is 30.1 Å². The van der Waals surface area contributed by atoms with Crippen molar-refractivity contribution < 1.29 is 19.4 Å². The molecule has 1 amide bonds. The van der Waals surface area contributed by atoms with Crippen molar-refractivity contribution in [3.05, 3.63) is 12.3 Å². The van der Waals surface area contributed by atoms with Gasteiger partial charge in [0.2, 0.25) is 5.91 Å². The number of carbonyl (C=O) groups excluding carboxylic acids is 1. The molecule has 0 aromatic heterocycles. The van der Waals surface area contributed by atoms with Crippen molar-refractivity contribution in [1.82, 2.24) is 5.32 Å². The Kier molecular flexibility index (Phi) is 9.34.